The third kappa shape index (κ3) is 3.70. The molecule has 0 unspecified atom stereocenters. The van der Waals surface area contributed by atoms with Crippen LogP contribution in [0.2, 0.25) is 0 Å². The number of phenols is 1. The van der Waals surface area contributed by atoms with Crippen LogP contribution in [-0.4, -0.2) is 19.6 Å². The summed E-state index contributed by atoms with van der Waals surface area (Å²) in [4.78, 5) is 12.8. The van der Waals surface area contributed by atoms with Crippen molar-refractivity contribution in [3.63, 3.8) is 0 Å². The van der Waals surface area contributed by atoms with E-state index in [1.54, 1.807) is 18.3 Å². The summed E-state index contributed by atoms with van der Waals surface area (Å²) >= 11 is 0. The van der Waals surface area contributed by atoms with Crippen molar-refractivity contribution >= 4 is 16.7 Å². The maximum absolute atomic E-state index is 10.4. The van der Waals surface area contributed by atoms with Crippen LogP contribution < -0.4 is 0 Å². The summed E-state index contributed by atoms with van der Waals surface area (Å²) in [5.74, 6) is 0.697. The van der Waals surface area contributed by atoms with Crippen molar-refractivity contribution in [3.05, 3.63) is 96.5 Å². The van der Waals surface area contributed by atoms with E-state index in [0.717, 1.165) is 33.4 Å². The Morgan fingerprint density at radius 3 is 2.53 bits per heavy atom. The molecule has 0 saturated carbocycles. The second-order valence-electron chi connectivity index (χ2n) is 7.17. The average Bonchev–Trinajstić information content (AvgIpc) is 3.16. The fourth-order valence-corrected chi connectivity index (χ4v) is 3.74. The van der Waals surface area contributed by atoms with E-state index in [4.69, 9.17) is 11.6 Å². The quantitative estimate of drug-likeness (QED) is 0.259. The van der Waals surface area contributed by atoms with E-state index in [2.05, 4.69) is 15.9 Å². The summed E-state index contributed by atoms with van der Waals surface area (Å²) in [6, 6.07) is 26.1. The number of pyridine rings is 1. The number of imidazole rings is 1. The van der Waals surface area contributed by atoms with E-state index in [9.17, 15) is 5.11 Å². The predicted octanol–water partition coefficient (Wildman–Crippen LogP) is 6.02. The van der Waals surface area contributed by atoms with Crippen molar-refractivity contribution in [2.24, 2.45) is 7.05 Å². The number of hydrogen-bond acceptors (Lipinski definition) is 3. The molecule has 0 saturated heterocycles. The first-order valence-corrected chi connectivity index (χ1v) is 9.76. The monoisotopic (exact) mass is 596 g/mol. The molecular formula is C26H17N4OPt-. The molecule has 158 valence electrons. The van der Waals surface area contributed by atoms with Crippen molar-refractivity contribution in [3.8, 4) is 39.5 Å². The van der Waals surface area contributed by atoms with Crippen LogP contribution in [0.25, 0.3) is 49.7 Å². The van der Waals surface area contributed by atoms with Crippen LogP contribution in [0.5, 0.6) is 5.75 Å². The molecule has 0 radical (unpaired) electrons. The molecule has 0 spiro atoms. The second kappa shape index (κ2) is 8.78. The van der Waals surface area contributed by atoms with Crippen LogP contribution in [0.15, 0.2) is 79.0 Å². The van der Waals surface area contributed by atoms with E-state index < -0.39 is 0 Å². The Balaban J connectivity index is 0.00000245. The molecular weight excluding hydrogens is 579 g/mol. The zero-order valence-electron chi connectivity index (χ0n) is 17.1. The third-order valence-corrected chi connectivity index (χ3v) is 5.29. The van der Waals surface area contributed by atoms with Gasteiger partial charge < -0.3 is 9.67 Å². The molecule has 3 aromatic carbocycles. The maximum Gasteiger partial charge on any atom is 0.188 e. The molecule has 0 atom stereocenters. The third-order valence-electron chi connectivity index (χ3n) is 5.29. The topological polar surface area (TPSA) is 55.3 Å². The molecule has 2 aromatic heterocycles. The molecule has 5 aromatic rings. The Bertz CT molecular complexity index is 1470. The smallest absolute Gasteiger partial charge is 0.188 e. The summed E-state index contributed by atoms with van der Waals surface area (Å²) in [5.41, 5.74) is 6.35. The molecule has 5 nitrogen and oxygen atoms in total. The maximum atomic E-state index is 10.4. The number of hydrogen-bond donors (Lipinski definition) is 1. The summed E-state index contributed by atoms with van der Waals surface area (Å²) in [7, 11) is 1.91. The molecule has 0 aliphatic heterocycles. The van der Waals surface area contributed by atoms with Gasteiger partial charge in [-0.1, -0.05) is 41.5 Å². The van der Waals surface area contributed by atoms with Gasteiger partial charge in [0.15, 0.2) is 5.69 Å². The van der Waals surface area contributed by atoms with Crippen molar-refractivity contribution in [1.82, 2.24) is 14.5 Å². The standard InChI is InChI=1S/C26H17N4O.Pt/c1-27-19-12-13-24(31)21(16-19)26-29-25-20(9-6-11-23(25)30(26)2)17-7-5-8-18(15-17)22-10-3-4-14-28-22;/h3-14,16,31H,2H3;/q-1;. The molecule has 0 aliphatic rings. The van der Waals surface area contributed by atoms with Gasteiger partial charge in [-0.25, -0.2) is 9.83 Å². The molecule has 0 amide bonds. The van der Waals surface area contributed by atoms with E-state index >= 15 is 0 Å². The van der Waals surface area contributed by atoms with Gasteiger partial charge in [0, 0.05) is 45.6 Å². The molecule has 0 bridgehead atoms. The number of nitrogens with zero attached hydrogens (tertiary/aromatic N) is 4. The minimum atomic E-state index is 0. The SMILES string of the molecule is [C-]#[N+]c1ccc(O)c(-c2nc3c(-c4[c-]c(-c5ccccn5)ccc4)cccc3n2C)c1.[Pt]. The zero-order valence-corrected chi connectivity index (χ0v) is 19.3. The van der Waals surface area contributed by atoms with E-state index in [1.165, 1.54) is 6.07 Å². The van der Waals surface area contributed by atoms with Gasteiger partial charge in [-0.2, -0.15) is 0 Å². The van der Waals surface area contributed by atoms with Gasteiger partial charge in [0.25, 0.3) is 0 Å². The van der Waals surface area contributed by atoms with E-state index in [0.29, 0.717) is 17.1 Å². The van der Waals surface area contributed by atoms with Gasteiger partial charge in [-0.15, -0.1) is 29.8 Å². The van der Waals surface area contributed by atoms with Crippen LogP contribution in [-0.2, 0) is 28.1 Å². The number of aromatic nitrogens is 3. The summed E-state index contributed by atoms with van der Waals surface area (Å²) < 4.78 is 1.93. The van der Waals surface area contributed by atoms with Gasteiger partial charge >= 0.3 is 0 Å². The molecule has 32 heavy (non-hydrogen) atoms. The molecule has 0 fully saturated rings. The van der Waals surface area contributed by atoms with E-state index in [-0.39, 0.29) is 26.8 Å². The largest absolute Gasteiger partial charge is 0.507 e. The molecule has 0 aliphatic carbocycles. The van der Waals surface area contributed by atoms with Crippen LogP contribution in [0.3, 0.4) is 0 Å². The number of aromatic hydroxyl groups is 1. The first-order chi connectivity index (χ1) is 15.2. The van der Waals surface area contributed by atoms with E-state index in [1.807, 2.05) is 66.2 Å². The zero-order chi connectivity index (χ0) is 21.4. The van der Waals surface area contributed by atoms with Crippen LogP contribution >= 0.6 is 0 Å². The molecule has 6 heteroatoms. The number of aryl methyl sites for hydroxylation is 1. The van der Waals surface area contributed by atoms with Gasteiger partial charge in [-0.05, 0) is 24.3 Å². The number of para-hydroxylation sites is 1. The Morgan fingerprint density at radius 2 is 1.75 bits per heavy atom. The Hall–Kier alpha value is -3.74. The number of benzene rings is 3. The first-order valence-electron chi connectivity index (χ1n) is 9.76. The van der Waals surface area contributed by atoms with Gasteiger partial charge in [-0.3, -0.25) is 4.98 Å². The fraction of sp³-hybridized carbons (Fsp3) is 0.0385. The summed E-state index contributed by atoms with van der Waals surface area (Å²) in [6.07, 6.45) is 1.77. The van der Waals surface area contributed by atoms with Gasteiger partial charge in [0.05, 0.1) is 17.6 Å². The number of rotatable bonds is 3. The Labute approximate surface area is 200 Å². The first kappa shape index (κ1) is 21.5. The van der Waals surface area contributed by atoms with Crippen molar-refractivity contribution < 1.29 is 26.2 Å². The van der Waals surface area contributed by atoms with Crippen LogP contribution in [0, 0.1) is 12.6 Å². The predicted molar refractivity (Wildman–Crippen MR) is 122 cm³/mol. The summed E-state index contributed by atoms with van der Waals surface area (Å²) in [5, 5.41) is 10.4. The second-order valence-corrected chi connectivity index (χ2v) is 7.17. The van der Waals surface area contributed by atoms with Crippen LogP contribution in [0.4, 0.5) is 5.69 Å². The molecule has 1 N–H and O–H groups in total. The van der Waals surface area contributed by atoms with Gasteiger partial charge in [0.1, 0.15) is 11.6 Å². The van der Waals surface area contributed by atoms with Crippen molar-refractivity contribution in [2.45, 2.75) is 0 Å². The van der Waals surface area contributed by atoms with Crippen molar-refractivity contribution in [2.75, 3.05) is 0 Å². The molecule has 2 heterocycles. The number of fused-ring (bicyclic) bond motifs is 1. The minimum absolute atomic E-state index is 0. The normalized spacial score (nSPS) is 10.5. The summed E-state index contributed by atoms with van der Waals surface area (Å²) in [6.45, 7) is 7.28. The van der Waals surface area contributed by atoms with Crippen molar-refractivity contribution in [1.29, 1.82) is 0 Å². The molecule has 5 rings (SSSR count). The van der Waals surface area contributed by atoms with Gasteiger partial charge in [0.2, 0.25) is 0 Å². The average molecular weight is 597 g/mol. The minimum Gasteiger partial charge on any atom is -0.507 e. The van der Waals surface area contributed by atoms with Crippen LogP contribution in [0.1, 0.15) is 0 Å². The fourth-order valence-electron chi connectivity index (χ4n) is 3.74. The Kier molecular flexibility index (Phi) is 5.90. The Morgan fingerprint density at radius 1 is 0.938 bits per heavy atom. The number of phenolic OH excluding ortho intramolecular Hbond substituents is 1.